The molecule has 0 aliphatic rings. The SMILES string of the molecule is CCCCCCCCc1ccc2[nH]c(=O)c(C(=O)c3ccccc3)c(O)c2c1. The Bertz CT molecular complexity index is 1010. The highest BCUT2D eigenvalue weighted by atomic mass is 16.3. The molecule has 3 aromatic rings. The minimum atomic E-state index is -0.567. The molecule has 1 aromatic heterocycles. The maximum atomic E-state index is 12.7. The van der Waals surface area contributed by atoms with Crippen molar-refractivity contribution < 1.29 is 9.90 Å². The summed E-state index contributed by atoms with van der Waals surface area (Å²) in [6, 6.07) is 14.2. The number of carbonyl (C=O) groups excluding carboxylic acids is 1. The van der Waals surface area contributed by atoms with Crippen molar-refractivity contribution in [2.75, 3.05) is 0 Å². The van der Waals surface area contributed by atoms with Crippen LogP contribution in [0.25, 0.3) is 10.9 Å². The Hall–Kier alpha value is -2.88. The summed E-state index contributed by atoms with van der Waals surface area (Å²) >= 11 is 0. The Labute approximate surface area is 165 Å². The Morgan fingerprint density at radius 3 is 2.43 bits per heavy atom. The molecule has 0 saturated carbocycles. The van der Waals surface area contributed by atoms with Crippen molar-refractivity contribution in [2.45, 2.75) is 51.9 Å². The zero-order valence-electron chi connectivity index (χ0n) is 16.3. The zero-order valence-corrected chi connectivity index (χ0v) is 16.3. The quantitative estimate of drug-likeness (QED) is 0.389. The van der Waals surface area contributed by atoms with E-state index >= 15 is 0 Å². The van der Waals surface area contributed by atoms with Crippen LogP contribution in [0, 0.1) is 0 Å². The highest BCUT2D eigenvalue weighted by Crippen LogP contribution is 2.28. The molecule has 0 saturated heterocycles. The molecular formula is C24H27NO3. The number of aryl methyl sites for hydroxylation is 1. The molecule has 0 aliphatic heterocycles. The lowest BCUT2D eigenvalue weighted by molar-refractivity contribution is 0.103. The number of benzene rings is 2. The maximum Gasteiger partial charge on any atom is 0.263 e. The van der Waals surface area contributed by atoms with Gasteiger partial charge in [-0.15, -0.1) is 0 Å². The van der Waals surface area contributed by atoms with Crippen LogP contribution in [0.4, 0.5) is 0 Å². The summed E-state index contributed by atoms with van der Waals surface area (Å²) in [6.45, 7) is 2.21. The van der Waals surface area contributed by atoms with Gasteiger partial charge in [-0.05, 0) is 30.5 Å². The Morgan fingerprint density at radius 2 is 1.68 bits per heavy atom. The van der Waals surface area contributed by atoms with Crippen LogP contribution in [-0.2, 0) is 6.42 Å². The van der Waals surface area contributed by atoms with Crippen molar-refractivity contribution in [1.29, 1.82) is 0 Å². The van der Waals surface area contributed by atoms with Crippen LogP contribution >= 0.6 is 0 Å². The summed E-state index contributed by atoms with van der Waals surface area (Å²) in [4.78, 5) is 27.9. The van der Waals surface area contributed by atoms with Crippen LogP contribution in [-0.4, -0.2) is 15.9 Å². The second-order valence-corrected chi connectivity index (χ2v) is 7.27. The van der Waals surface area contributed by atoms with Gasteiger partial charge in [0.15, 0.2) is 0 Å². The minimum absolute atomic E-state index is 0.199. The molecule has 0 spiro atoms. The van der Waals surface area contributed by atoms with Gasteiger partial charge in [-0.25, -0.2) is 0 Å². The summed E-state index contributed by atoms with van der Waals surface area (Å²) in [6.07, 6.45) is 8.25. The van der Waals surface area contributed by atoms with Crippen molar-refractivity contribution >= 4 is 16.7 Å². The van der Waals surface area contributed by atoms with Crippen LogP contribution in [0.3, 0.4) is 0 Å². The number of aromatic amines is 1. The van der Waals surface area contributed by atoms with Gasteiger partial charge in [-0.2, -0.15) is 0 Å². The first-order valence-corrected chi connectivity index (χ1v) is 10.1. The number of aromatic nitrogens is 1. The lowest BCUT2D eigenvalue weighted by atomic mass is 9.99. The Kier molecular flexibility index (Phi) is 6.64. The third-order valence-electron chi connectivity index (χ3n) is 5.13. The number of rotatable bonds is 9. The summed E-state index contributed by atoms with van der Waals surface area (Å²) in [7, 11) is 0. The number of fused-ring (bicyclic) bond motifs is 1. The van der Waals surface area contributed by atoms with Crippen molar-refractivity contribution in [3.8, 4) is 5.75 Å². The van der Waals surface area contributed by atoms with Crippen LogP contribution < -0.4 is 5.56 Å². The zero-order chi connectivity index (χ0) is 19.9. The van der Waals surface area contributed by atoms with E-state index in [0.29, 0.717) is 16.5 Å². The molecule has 0 aliphatic carbocycles. The number of hydrogen-bond donors (Lipinski definition) is 2. The van der Waals surface area contributed by atoms with Gasteiger partial charge in [-0.3, -0.25) is 9.59 Å². The van der Waals surface area contributed by atoms with Gasteiger partial charge >= 0.3 is 0 Å². The summed E-state index contributed by atoms with van der Waals surface area (Å²) in [5.74, 6) is -0.708. The number of carbonyl (C=O) groups is 1. The van der Waals surface area contributed by atoms with Crippen molar-refractivity contribution in [3.05, 3.63) is 75.6 Å². The fourth-order valence-electron chi connectivity index (χ4n) is 3.53. The molecule has 4 nitrogen and oxygen atoms in total. The van der Waals surface area contributed by atoms with Crippen LogP contribution in [0.2, 0.25) is 0 Å². The molecule has 4 heteroatoms. The first-order chi connectivity index (χ1) is 13.6. The van der Waals surface area contributed by atoms with E-state index in [1.54, 1.807) is 36.4 Å². The Balaban J connectivity index is 1.84. The third-order valence-corrected chi connectivity index (χ3v) is 5.13. The van der Waals surface area contributed by atoms with E-state index in [4.69, 9.17) is 0 Å². The van der Waals surface area contributed by atoms with Gasteiger partial charge in [0, 0.05) is 10.9 Å². The normalized spacial score (nSPS) is 11.0. The number of hydrogen-bond acceptors (Lipinski definition) is 3. The maximum absolute atomic E-state index is 12.7. The molecule has 0 radical (unpaired) electrons. The second kappa shape index (κ2) is 9.36. The Morgan fingerprint density at radius 1 is 0.964 bits per heavy atom. The van der Waals surface area contributed by atoms with Gasteiger partial charge in [0.25, 0.3) is 5.56 Å². The molecule has 0 amide bonds. The smallest absolute Gasteiger partial charge is 0.263 e. The summed E-state index contributed by atoms with van der Waals surface area (Å²) in [5.41, 5.74) is 1.26. The van der Waals surface area contributed by atoms with E-state index in [-0.39, 0.29) is 11.3 Å². The predicted octanol–water partition coefficient (Wildman–Crippen LogP) is 5.37. The highest BCUT2D eigenvalue weighted by Gasteiger charge is 2.20. The van der Waals surface area contributed by atoms with E-state index in [2.05, 4.69) is 11.9 Å². The monoisotopic (exact) mass is 377 g/mol. The average molecular weight is 377 g/mol. The molecule has 0 bridgehead atoms. The fraction of sp³-hybridized carbons (Fsp3) is 0.333. The number of unbranched alkanes of at least 4 members (excludes halogenated alkanes) is 5. The molecule has 0 unspecified atom stereocenters. The van der Waals surface area contributed by atoms with Gasteiger partial charge < -0.3 is 10.1 Å². The van der Waals surface area contributed by atoms with Crippen molar-refractivity contribution in [2.24, 2.45) is 0 Å². The van der Waals surface area contributed by atoms with Crippen LogP contribution in [0.5, 0.6) is 5.75 Å². The van der Waals surface area contributed by atoms with E-state index in [1.807, 2.05) is 12.1 Å². The molecule has 2 aromatic carbocycles. The lowest BCUT2D eigenvalue weighted by Gasteiger charge is -2.09. The largest absolute Gasteiger partial charge is 0.506 e. The first-order valence-electron chi connectivity index (χ1n) is 10.1. The number of nitrogens with one attached hydrogen (secondary N) is 1. The molecular weight excluding hydrogens is 350 g/mol. The molecule has 28 heavy (non-hydrogen) atoms. The van der Waals surface area contributed by atoms with Crippen molar-refractivity contribution in [1.82, 2.24) is 4.98 Å². The molecule has 2 N–H and O–H groups in total. The lowest BCUT2D eigenvalue weighted by Crippen LogP contribution is -2.18. The van der Waals surface area contributed by atoms with Crippen molar-refractivity contribution in [3.63, 3.8) is 0 Å². The topological polar surface area (TPSA) is 70.2 Å². The van der Waals surface area contributed by atoms with Crippen LogP contribution in [0.1, 0.15) is 66.9 Å². The number of aromatic hydroxyl groups is 1. The minimum Gasteiger partial charge on any atom is -0.506 e. The van der Waals surface area contributed by atoms with Gasteiger partial charge in [0.1, 0.15) is 11.3 Å². The second-order valence-electron chi connectivity index (χ2n) is 7.27. The average Bonchev–Trinajstić information content (AvgIpc) is 2.71. The molecule has 146 valence electrons. The summed E-state index contributed by atoms with van der Waals surface area (Å²) in [5, 5.41) is 11.2. The molecule has 1 heterocycles. The van der Waals surface area contributed by atoms with Gasteiger partial charge in [-0.1, -0.05) is 75.4 Å². The van der Waals surface area contributed by atoms with E-state index in [1.165, 1.54) is 32.1 Å². The van der Waals surface area contributed by atoms with E-state index in [9.17, 15) is 14.7 Å². The highest BCUT2D eigenvalue weighted by molar-refractivity contribution is 6.12. The fourth-order valence-corrected chi connectivity index (χ4v) is 3.53. The number of pyridine rings is 1. The molecule has 0 atom stereocenters. The number of ketones is 1. The van der Waals surface area contributed by atoms with Gasteiger partial charge in [0.2, 0.25) is 5.78 Å². The van der Waals surface area contributed by atoms with E-state index in [0.717, 1.165) is 18.4 Å². The third kappa shape index (κ3) is 4.50. The van der Waals surface area contributed by atoms with E-state index < -0.39 is 11.3 Å². The van der Waals surface area contributed by atoms with Gasteiger partial charge in [0.05, 0.1) is 5.52 Å². The first kappa shape index (κ1) is 19.9. The molecule has 3 rings (SSSR count). The predicted molar refractivity (Wildman–Crippen MR) is 113 cm³/mol. The van der Waals surface area contributed by atoms with Crippen LogP contribution in [0.15, 0.2) is 53.3 Å². The molecule has 0 fully saturated rings. The summed E-state index contributed by atoms with van der Waals surface area (Å²) < 4.78 is 0. The standard InChI is InChI=1S/C24H27NO3/c1-2-3-4-5-6-8-11-17-14-15-20-19(16-17)23(27)21(24(28)25-20)22(26)18-12-9-7-10-13-18/h7,9-10,12-16H,2-6,8,11H2,1H3,(H2,25,27,28). The number of H-pyrrole nitrogens is 1.